The van der Waals surface area contributed by atoms with Crippen LogP contribution in [0.25, 0.3) is 16.8 Å². The number of hydrazine groups is 1. The van der Waals surface area contributed by atoms with Crippen molar-refractivity contribution >= 4 is 40.5 Å². The van der Waals surface area contributed by atoms with E-state index in [0.717, 1.165) is 27.6 Å². The van der Waals surface area contributed by atoms with Gasteiger partial charge in [0, 0.05) is 18.1 Å². The molecular formula is C33H43N5O5. The van der Waals surface area contributed by atoms with Crippen LogP contribution in [0.15, 0.2) is 48.7 Å². The summed E-state index contributed by atoms with van der Waals surface area (Å²) < 4.78 is 5.77. The Balaban J connectivity index is 1.70. The van der Waals surface area contributed by atoms with Crippen LogP contribution in [0.2, 0.25) is 0 Å². The lowest BCUT2D eigenvalue weighted by molar-refractivity contribution is -0.163. The van der Waals surface area contributed by atoms with Gasteiger partial charge in [0.1, 0.15) is 12.1 Å². The number of nitrogens with one attached hydrogen (secondary N) is 3. The summed E-state index contributed by atoms with van der Waals surface area (Å²) in [5.41, 5.74) is 5.65. The third-order valence-electron chi connectivity index (χ3n) is 7.98. The Morgan fingerprint density at radius 2 is 1.81 bits per heavy atom. The van der Waals surface area contributed by atoms with Crippen molar-refractivity contribution < 1.29 is 23.9 Å². The predicted molar refractivity (Wildman–Crippen MR) is 165 cm³/mol. The number of aromatic nitrogens is 1. The second-order valence-corrected chi connectivity index (χ2v) is 12.0. The summed E-state index contributed by atoms with van der Waals surface area (Å²) in [6.45, 7) is 13.2. The van der Waals surface area contributed by atoms with Crippen LogP contribution in [-0.2, 0) is 23.9 Å². The largest absolute Gasteiger partial charge is 0.452 e. The van der Waals surface area contributed by atoms with Crippen molar-refractivity contribution in [2.24, 2.45) is 11.8 Å². The number of cyclic esters (lactones) is 1. The molecule has 5 atom stereocenters. The normalized spacial score (nSPS) is 27.5. The molecule has 0 unspecified atom stereocenters. The maximum Gasteiger partial charge on any atom is 0.310 e. The number of hydrogen-bond donors (Lipinski definition) is 3. The average Bonchev–Trinajstić information content (AvgIpc) is 2.97. The maximum absolute atomic E-state index is 13.3. The molecule has 3 heterocycles. The summed E-state index contributed by atoms with van der Waals surface area (Å²) in [6.07, 6.45) is 6.31. The molecule has 3 amide bonds. The third kappa shape index (κ3) is 7.87. The fraction of sp³-hybridized carbons (Fsp3) is 0.485. The summed E-state index contributed by atoms with van der Waals surface area (Å²) in [5, 5.41) is 9.13. The van der Waals surface area contributed by atoms with Crippen LogP contribution >= 0.6 is 0 Å². The Hall–Kier alpha value is -4.05. The first-order chi connectivity index (χ1) is 20.5. The van der Waals surface area contributed by atoms with E-state index in [0.29, 0.717) is 32.2 Å². The number of ether oxygens (including phenoxy) is 1. The van der Waals surface area contributed by atoms with Crippen molar-refractivity contribution in [3.63, 3.8) is 0 Å². The molecule has 1 aromatic heterocycles. The SMILES string of the molecule is C=CC[C@H]1C/C(C)=C/c2cc3cc(ccc3cn2)[C@@H](C)NC(=O)[C@@H]2CCCN(N2)C(=O)[C@H](C)NC(=O)[C@H](C(C)C)OC1=O. The Labute approximate surface area is 253 Å². The molecule has 2 aliphatic rings. The molecule has 10 heteroatoms. The summed E-state index contributed by atoms with van der Waals surface area (Å²) in [6, 6.07) is 6.20. The second-order valence-electron chi connectivity index (χ2n) is 12.0. The third-order valence-corrected chi connectivity index (χ3v) is 7.98. The summed E-state index contributed by atoms with van der Waals surface area (Å²) in [4.78, 5) is 57.7. The van der Waals surface area contributed by atoms with Gasteiger partial charge in [0.15, 0.2) is 6.10 Å². The molecule has 1 fully saturated rings. The number of allylic oxidation sites excluding steroid dienone is 2. The van der Waals surface area contributed by atoms with E-state index in [1.807, 2.05) is 44.2 Å². The van der Waals surface area contributed by atoms with Crippen molar-refractivity contribution in [2.75, 3.05) is 6.54 Å². The highest BCUT2D eigenvalue weighted by atomic mass is 16.5. The Morgan fingerprint density at radius 3 is 2.53 bits per heavy atom. The number of benzene rings is 1. The van der Waals surface area contributed by atoms with Crippen LogP contribution in [0.1, 0.15) is 77.6 Å². The van der Waals surface area contributed by atoms with E-state index in [-0.39, 0.29) is 23.8 Å². The standard InChI is InChI=1S/C33H43N5O5/c1-7-9-24-14-20(4)15-27-17-26-16-23(11-12-25(26)18-34-27)21(5)35-30(39)28-10-8-13-38(37-28)32(41)22(6)36-31(40)29(19(2)3)43-33(24)42/h7,11-12,15-19,21-22,24,28-29,37H,1,8-10,13-14H2,2-6H3,(H,35,39)(H,36,40)/b20-15+/t21-,22+,24+,28+,29+/m1/s1. The smallest absolute Gasteiger partial charge is 0.310 e. The lowest BCUT2D eigenvalue weighted by Crippen LogP contribution is -2.61. The zero-order valence-corrected chi connectivity index (χ0v) is 25.7. The number of carbonyl (C=O) groups is 4. The molecule has 1 aromatic carbocycles. The van der Waals surface area contributed by atoms with E-state index in [9.17, 15) is 19.2 Å². The average molecular weight is 590 g/mol. The monoisotopic (exact) mass is 589 g/mol. The molecule has 43 heavy (non-hydrogen) atoms. The lowest BCUT2D eigenvalue weighted by Gasteiger charge is -2.35. The second kappa shape index (κ2) is 13.9. The highest BCUT2D eigenvalue weighted by Crippen LogP contribution is 2.25. The minimum atomic E-state index is -1.08. The van der Waals surface area contributed by atoms with Crippen LogP contribution < -0.4 is 16.1 Å². The first-order valence-corrected chi connectivity index (χ1v) is 15.0. The molecule has 10 nitrogen and oxygen atoms in total. The van der Waals surface area contributed by atoms with Crippen LogP contribution in [0.4, 0.5) is 0 Å². The number of rotatable bonds is 3. The van der Waals surface area contributed by atoms with E-state index in [1.165, 1.54) is 5.01 Å². The molecule has 2 aromatic rings. The number of carbonyl (C=O) groups excluding carboxylic acids is 4. The van der Waals surface area contributed by atoms with Gasteiger partial charge in [-0.1, -0.05) is 37.6 Å². The Morgan fingerprint density at radius 1 is 1.07 bits per heavy atom. The highest BCUT2D eigenvalue weighted by Gasteiger charge is 2.34. The van der Waals surface area contributed by atoms with Crippen molar-refractivity contribution in [2.45, 2.75) is 84.5 Å². The Kier molecular flexibility index (Phi) is 10.3. The van der Waals surface area contributed by atoms with Crippen LogP contribution in [0, 0.1) is 11.8 Å². The summed E-state index contributed by atoms with van der Waals surface area (Å²) >= 11 is 0. The maximum atomic E-state index is 13.3. The molecular weight excluding hydrogens is 546 g/mol. The van der Waals surface area contributed by atoms with Crippen molar-refractivity contribution in [1.82, 2.24) is 26.1 Å². The number of amides is 3. The highest BCUT2D eigenvalue weighted by molar-refractivity contribution is 5.91. The molecule has 0 radical (unpaired) electrons. The molecule has 0 aliphatic carbocycles. The molecule has 0 saturated carbocycles. The van der Waals surface area contributed by atoms with E-state index in [4.69, 9.17) is 4.74 Å². The van der Waals surface area contributed by atoms with E-state index < -0.39 is 36.0 Å². The predicted octanol–water partition coefficient (Wildman–Crippen LogP) is 3.98. The van der Waals surface area contributed by atoms with E-state index in [1.54, 1.807) is 33.0 Å². The zero-order valence-electron chi connectivity index (χ0n) is 25.7. The van der Waals surface area contributed by atoms with Gasteiger partial charge in [-0.2, -0.15) is 0 Å². The van der Waals surface area contributed by atoms with Gasteiger partial charge in [-0.25, -0.2) is 5.43 Å². The van der Waals surface area contributed by atoms with Crippen LogP contribution in [-0.4, -0.2) is 58.4 Å². The molecule has 4 rings (SSSR count). The van der Waals surface area contributed by atoms with Gasteiger partial charge in [-0.15, -0.1) is 6.58 Å². The molecule has 5 bridgehead atoms. The van der Waals surface area contributed by atoms with Crippen LogP contribution in [0.5, 0.6) is 0 Å². The first-order valence-electron chi connectivity index (χ1n) is 15.0. The zero-order chi connectivity index (χ0) is 31.3. The number of nitrogens with zero attached hydrogens (tertiary/aromatic N) is 2. The number of fused-ring (bicyclic) bond motifs is 4. The molecule has 230 valence electrons. The first kappa shape index (κ1) is 31.9. The van der Waals surface area contributed by atoms with Gasteiger partial charge < -0.3 is 15.4 Å². The van der Waals surface area contributed by atoms with Gasteiger partial charge in [-0.3, -0.25) is 29.2 Å². The van der Waals surface area contributed by atoms with Crippen molar-refractivity contribution in [3.05, 3.63) is 59.9 Å². The van der Waals surface area contributed by atoms with E-state index in [2.05, 4.69) is 27.6 Å². The molecule has 1 saturated heterocycles. The summed E-state index contributed by atoms with van der Waals surface area (Å²) in [7, 11) is 0. The van der Waals surface area contributed by atoms with Gasteiger partial charge >= 0.3 is 5.97 Å². The van der Waals surface area contributed by atoms with Crippen molar-refractivity contribution in [1.29, 1.82) is 0 Å². The van der Waals surface area contributed by atoms with Gasteiger partial charge in [0.05, 0.1) is 17.7 Å². The van der Waals surface area contributed by atoms with Gasteiger partial charge in [0.2, 0.25) is 5.91 Å². The molecule has 0 spiro atoms. The quantitative estimate of drug-likeness (QED) is 0.365. The molecule has 3 N–H and O–H groups in total. The van der Waals surface area contributed by atoms with Gasteiger partial charge in [0.25, 0.3) is 11.8 Å². The fourth-order valence-corrected chi connectivity index (χ4v) is 5.53. The topological polar surface area (TPSA) is 130 Å². The Bertz CT molecular complexity index is 1420. The van der Waals surface area contributed by atoms with Gasteiger partial charge in [-0.05, 0) is 81.5 Å². The number of hydrogen-bond acceptors (Lipinski definition) is 7. The molecule has 2 aliphatic heterocycles. The summed E-state index contributed by atoms with van der Waals surface area (Å²) in [5.74, 6) is -2.50. The van der Waals surface area contributed by atoms with Crippen molar-refractivity contribution in [3.8, 4) is 0 Å². The minimum absolute atomic E-state index is 0.209. The number of pyridine rings is 1. The van der Waals surface area contributed by atoms with E-state index >= 15 is 0 Å². The number of esters is 1. The van der Waals surface area contributed by atoms with Crippen LogP contribution in [0.3, 0.4) is 0 Å². The lowest BCUT2D eigenvalue weighted by atomic mass is 9.95. The minimum Gasteiger partial charge on any atom is -0.452 e. The fourth-order valence-electron chi connectivity index (χ4n) is 5.53.